The summed E-state index contributed by atoms with van der Waals surface area (Å²) in [6.07, 6.45) is -3.99. The van der Waals surface area contributed by atoms with Crippen LogP contribution in [0.5, 0.6) is 0 Å². The molecule has 0 aromatic heterocycles. The maximum absolute atomic E-state index is 12.1. The quantitative estimate of drug-likeness (QED) is 0.394. The van der Waals surface area contributed by atoms with Gasteiger partial charge in [-0.1, -0.05) is 12.5 Å². The molecule has 156 valence electrons. The van der Waals surface area contributed by atoms with Gasteiger partial charge in [-0.2, -0.15) is 0 Å². The smallest absolute Gasteiger partial charge is 0.186 e. The summed E-state index contributed by atoms with van der Waals surface area (Å²) in [7, 11) is 0. The van der Waals surface area contributed by atoms with Gasteiger partial charge < -0.3 is 35.0 Å². The van der Waals surface area contributed by atoms with Crippen molar-refractivity contribution in [1.82, 2.24) is 0 Å². The fraction of sp³-hybridized carbons (Fsp3) is 0.842. The van der Waals surface area contributed by atoms with Gasteiger partial charge in [0.25, 0.3) is 0 Å². The van der Waals surface area contributed by atoms with Crippen molar-refractivity contribution in [1.29, 1.82) is 0 Å². The minimum Gasteiger partial charge on any atom is -0.394 e. The lowest BCUT2D eigenvalue weighted by molar-refractivity contribution is -0.306. The summed E-state index contributed by atoms with van der Waals surface area (Å²) in [5, 5.41) is 48.8. The monoisotopic (exact) mass is 388 g/mol. The second-order valence-corrected chi connectivity index (χ2v) is 8.17. The van der Waals surface area contributed by atoms with Gasteiger partial charge in [-0.15, -0.1) is 0 Å². The number of aliphatic hydroxyl groups excluding tert-OH is 5. The second-order valence-electron chi connectivity index (χ2n) is 8.17. The average molecular weight is 388 g/mol. The normalized spacial score (nSPS) is 41.3. The minimum absolute atomic E-state index is 0.00897. The molecule has 1 fully saturated rings. The van der Waals surface area contributed by atoms with Crippen LogP contribution in [0.4, 0.5) is 0 Å². The zero-order valence-electron chi connectivity index (χ0n) is 16.1. The first-order valence-corrected chi connectivity index (χ1v) is 9.40. The van der Waals surface area contributed by atoms with Crippen LogP contribution in [-0.2, 0) is 14.3 Å². The summed E-state index contributed by atoms with van der Waals surface area (Å²) < 4.78 is 11.1. The van der Waals surface area contributed by atoms with E-state index in [-0.39, 0.29) is 24.7 Å². The van der Waals surface area contributed by atoms with Gasteiger partial charge in [0.2, 0.25) is 0 Å². The van der Waals surface area contributed by atoms with Gasteiger partial charge in [0.15, 0.2) is 12.1 Å². The highest BCUT2D eigenvalue weighted by Crippen LogP contribution is 2.43. The van der Waals surface area contributed by atoms with E-state index < -0.39 is 48.8 Å². The Morgan fingerprint density at radius 1 is 1.30 bits per heavy atom. The van der Waals surface area contributed by atoms with Crippen molar-refractivity contribution in [2.45, 2.75) is 76.8 Å². The van der Waals surface area contributed by atoms with Crippen LogP contribution < -0.4 is 0 Å². The summed E-state index contributed by atoms with van der Waals surface area (Å²) in [6.45, 7) is 5.07. The molecule has 2 rings (SSSR count). The third-order valence-corrected chi connectivity index (χ3v) is 5.66. The van der Waals surface area contributed by atoms with Crippen LogP contribution in [0.15, 0.2) is 11.6 Å². The third kappa shape index (κ3) is 5.14. The number of carbonyl (C=O) groups is 1. The lowest BCUT2D eigenvalue weighted by Crippen LogP contribution is -2.59. The molecule has 1 aliphatic carbocycles. The maximum Gasteiger partial charge on any atom is 0.186 e. The van der Waals surface area contributed by atoms with E-state index in [9.17, 15) is 30.3 Å². The third-order valence-electron chi connectivity index (χ3n) is 5.66. The first-order valence-electron chi connectivity index (χ1n) is 9.40. The van der Waals surface area contributed by atoms with Crippen LogP contribution in [0.3, 0.4) is 0 Å². The van der Waals surface area contributed by atoms with Crippen LogP contribution in [0.1, 0.15) is 40.0 Å². The van der Waals surface area contributed by atoms with Crippen LogP contribution in [-0.4, -0.2) is 81.3 Å². The van der Waals surface area contributed by atoms with Crippen molar-refractivity contribution in [2.75, 3.05) is 13.2 Å². The SMILES string of the molecule is CC1=CC(=O)C[C@@](C)(CO[C@@H]2O[C@H](CO)[C@@H](O)[C@H](O)[C@H]2O)[C@H]1CC[C@H](C)O. The van der Waals surface area contributed by atoms with Crippen LogP contribution in [0, 0.1) is 11.3 Å². The van der Waals surface area contributed by atoms with E-state index in [2.05, 4.69) is 0 Å². The number of hydrogen-bond donors (Lipinski definition) is 5. The number of ketones is 1. The molecule has 0 saturated carbocycles. The topological polar surface area (TPSA) is 137 Å². The fourth-order valence-electron chi connectivity index (χ4n) is 4.09. The Labute approximate surface area is 159 Å². The number of aliphatic hydroxyl groups is 5. The summed E-state index contributed by atoms with van der Waals surface area (Å²) in [5.74, 6) is -0.00427. The Kier molecular flexibility index (Phi) is 7.54. The molecule has 8 nitrogen and oxygen atoms in total. The molecule has 27 heavy (non-hydrogen) atoms. The molecule has 2 aliphatic rings. The fourth-order valence-corrected chi connectivity index (χ4v) is 4.09. The van der Waals surface area contributed by atoms with Crippen molar-refractivity contribution in [3.63, 3.8) is 0 Å². The highest BCUT2D eigenvalue weighted by atomic mass is 16.7. The van der Waals surface area contributed by atoms with E-state index in [1.54, 1.807) is 13.0 Å². The molecule has 1 aliphatic heterocycles. The molecule has 0 radical (unpaired) electrons. The Morgan fingerprint density at radius 2 is 1.96 bits per heavy atom. The number of rotatable bonds is 7. The van der Waals surface area contributed by atoms with Crippen LogP contribution in [0.25, 0.3) is 0 Å². The van der Waals surface area contributed by atoms with Gasteiger partial charge in [-0.25, -0.2) is 0 Å². The van der Waals surface area contributed by atoms with Gasteiger partial charge in [0.05, 0.1) is 19.3 Å². The first-order chi connectivity index (χ1) is 12.6. The summed E-state index contributed by atoms with van der Waals surface area (Å²) in [4.78, 5) is 12.1. The minimum atomic E-state index is -1.51. The van der Waals surface area contributed by atoms with Gasteiger partial charge in [-0.3, -0.25) is 4.79 Å². The van der Waals surface area contributed by atoms with Crippen molar-refractivity contribution < 1.29 is 39.8 Å². The van der Waals surface area contributed by atoms with E-state index in [4.69, 9.17) is 9.47 Å². The largest absolute Gasteiger partial charge is 0.394 e. The molecule has 1 heterocycles. The Balaban J connectivity index is 2.10. The lowest BCUT2D eigenvalue weighted by Gasteiger charge is -2.44. The number of allylic oxidation sites excluding steroid dienone is 2. The Bertz CT molecular complexity index is 546. The average Bonchev–Trinajstić information content (AvgIpc) is 2.58. The molecule has 0 aromatic rings. The zero-order valence-corrected chi connectivity index (χ0v) is 16.1. The van der Waals surface area contributed by atoms with Crippen molar-refractivity contribution in [3.8, 4) is 0 Å². The standard InChI is InChI=1S/C19H32O8/c1-10-6-12(22)7-19(3,13(10)5-4-11(2)21)9-26-18-17(25)16(24)15(23)14(8-20)27-18/h6,11,13-18,20-21,23-25H,4-5,7-9H2,1-3H3/t11-,13-,14+,15+,16-,17+,18+,19-/m0/s1. The second kappa shape index (κ2) is 9.09. The molecule has 8 atom stereocenters. The molecule has 0 aromatic carbocycles. The maximum atomic E-state index is 12.1. The molecule has 0 unspecified atom stereocenters. The van der Waals surface area contributed by atoms with Crippen molar-refractivity contribution in [3.05, 3.63) is 11.6 Å². The summed E-state index contributed by atoms with van der Waals surface area (Å²) >= 11 is 0. The van der Waals surface area contributed by atoms with E-state index in [0.717, 1.165) is 5.57 Å². The molecule has 1 saturated heterocycles. The van der Waals surface area contributed by atoms with E-state index in [1.807, 2.05) is 13.8 Å². The number of carbonyl (C=O) groups excluding carboxylic acids is 1. The molecule has 8 heteroatoms. The van der Waals surface area contributed by atoms with Gasteiger partial charge in [-0.05, 0) is 38.7 Å². The number of hydrogen-bond acceptors (Lipinski definition) is 8. The predicted octanol–water partition coefficient (Wildman–Crippen LogP) is -0.494. The summed E-state index contributed by atoms with van der Waals surface area (Å²) in [5.41, 5.74) is 0.357. The zero-order chi connectivity index (χ0) is 20.4. The van der Waals surface area contributed by atoms with Gasteiger partial charge >= 0.3 is 0 Å². The van der Waals surface area contributed by atoms with Gasteiger partial charge in [0, 0.05) is 11.8 Å². The molecular formula is C19H32O8. The predicted molar refractivity (Wildman–Crippen MR) is 95.6 cm³/mol. The first kappa shape index (κ1) is 22.4. The van der Waals surface area contributed by atoms with Crippen LogP contribution in [0.2, 0.25) is 0 Å². The molecule has 0 amide bonds. The van der Waals surface area contributed by atoms with E-state index in [0.29, 0.717) is 12.8 Å². The highest BCUT2D eigenvalue weighted by molar-refractivity contribution is 5.92. The van der Waals surface area contributed by atoms with E-state index in [1.165, 1.54) is 0 Å². The van der Waals surface area contributed by atoms with E-state index >= 15 is 0 Å². The summed E-state index contributed by atoms with van der Waals surface area (Å²) in [6, 6.07) is 0. The van der Waals surface area contributed by atoms with Crippen molar-refractivity contribution in [2.24, 2.45) is 11.3 Å². The lowest BCUT2D eigenvalue weighted by atomic mass is 9.65. The molecule has 5 N–H and O–H groups in total. The number of ether oxygens (including phenoxy) is 2. The Morgan fingerprint density at radius 3 is 2.56 bits per heavy atom. The molecule has 0 bridgehead atoms. The van der Waals surface area contributed by atoms with Crippen molar-refractivity contribution >= 4 is 5.78 Å². The van der Waals surface area contributed by atoms with Crippen LogP contribution >= 0.6 is 0 Å². The van der Waals surface area contributed by atoms with Gasteiger partial charge in [0.1, 0.15) is 24.4 Å². The highest BCUT2D eigenvalue weighted by Gasteiger charge is 2.46. The molecule has 0 spiro atoms. The molecular weight excluding hydrogens is 356 g/mol. The Hall–Kier alpha value is -0.870.